The van der Waals surface area contributed by atoms with Gasteiger partial charge in [0, 0.05) is 24.5 Å². The molecule has 1 fully saturated rings. The molecule has 1 atom stereocenters. The van der Waals surface area contributed by atoms with Gasteiger partial charge in [0.05, 0.1) is 6.54 Å². The van der Waals surface area contributed by atoms with Crippen molar-refractivity contribution in [2.45, 2.75) is 33.0 Å². The van der Waals surface area contributed by atoms with Crippen molar-refractivity contribution >= 4 is 23.3 Å². The van der Waals surface area contributed by atoms with Crippen molar-refractivity contribution in [3.8, 4) is 0 Å². The van der Waals surface area contributed by atoms with Crippen LogP contribution in [0.2, 0.25) is 0 Å². The van der Waals surface area contributed by atoms with Gasteiger partial charge in [-0.1, -0.05) is 35.9 Å². The van der Waals surface area contributed by atoms with E-state index in [0.29, 0.717) is 26.2 Å². The highest BCUT2D eigenvalue weighted by Gasteiger charge is 2.34. The van der Waals surface area contributed by atoms with Gasteiger partial charge in [-0.2, -0.15) is 0 Å². The van der Waals surface area contributed by atoms with Gasteiger partial charge in [0.15, 0.2) is 0 Å². The topological polar surface area (TPSA) is 52.6 Å². The number of nitrogens with zero attached hydrogens (tertiary/aromatic N) is 2. The Balaban J connectivity index is 1.58. The number of thiophene rings is 1. The second-order valence-electron chi connectivity index (χ2n) is 6.36. The zero-order valence-electron chi connectivity index (χ0n) is 14.6. The maximum Gasteiger partial charge on any atom is 0.318 e. The molecule has 1 aliphatic heterocycles. The van der Waals surface area contributed by atoms with E-state index in [0.717, 1.165) is 10.4 Å². The third-order valence-electron chi connectivity index (χ3n) is 4.46. The third-order valence-corrected chi connectivity index (χ3v) is 5.33. The molecule has 0 radical (unpaired) electrons. The van der Waals surface area contributed by atoms with Gasteiger partial charge >= 0.3 is 6.03 Å². The van der Waals surface area contributed by atoms with Crippen LogP contribution < -0.4 is 5.32 Å². The van der Waals surface area contributed by atoms with Crippen LogP contribution in [0.1, 0.15) is 22.9 Å². The second-order valence-corrected chi connectivity index (χ2v) is 7.39. The zero-order chi connectivity index (χ0) is 17.8. The molecule has 0 unspecified atom stereocenters. The monoisotopic (exact) mass is 357 g/mol. The van der Waals surface area contributed by atoms with Crippen LogP contribution in [0.3, 0.4) is 0 Å². The Labute approximate surface area is 152 Å². The van der Waals surface area contributed by atoms with Crippen LogP contribution in [0.25, 0.3) is 0 Å². The molecule has 1 aromatic heterocycles. The quantitative estimate of drug-likeness (QED) is 0.914. The number of amides is 3. The Morgan fingerprint density at radius 2 is 2.12 bits per heavy atom. The lowest BCUT2D eigenvalue weighted by atomic mass is 10.1. The number of rotatable bonds is 4. The minimum Gasteiger partial charge on any atom is -0.335 e. The van der Waals surface area contributed by atoms with Gasteiger partial charge in [-0.05, 0) is 30.9 Å². The first kappa shape index (κ1) is 17.5. The molecule has 6 heteroatoms. The Bertz CT molecular complexity index is 745. The van der Waals surface area contributed by atoms with Crippen molar-refractivity contribution in [2.75, 3.05) is 13.1 Å². The fourth-order valence-electron chi connectivity index (χ4n) is 3.07. The lowest BCUT2D eigenvalue weighted by Gasteiger charge is -2.39. The lowest BCUT2D eigenvalue weighted by molar-refractivity contribution is -0.139. The first-order chi connectivity index (χ1) is 12.0. The molecular formula is C19H23N3O2S. The van der Waals surface area contributed by atoms with Gasteiger partial charge in [0.25, 0.3) is 0 Å². The van der Waals surface area contributed by atoms with E-state index in [4.69, 9.17) is 0 Å². The summed E-state index contributed by atoms with van der Waals surface area (Å²) in [5, 5.41) is 4.89. The van der Waals surface area contributed by atoms with Crippen LogP contribution in [0.15, 0.2) is 41.8 Å². The van der Waals surface area contributed by atoms with Gasteiger partial charge < -0.3 is 15.1 Å². The summed E-state index contributed by atoms with van der Waals surface area (Å²) in [7, 11) is 0. The molecule has 1 aliphatic rings. The maximum absolute atomic E-state index is 12.7. The minimum absolute atomic E-state index is 0.000898. The Morgan fingerprint density at radius 1 is 1.28 bits per heavy atom. The molecule has 25 heavy (non-hydrogen) atoms. The molecular weight excluding hydrogens is 334 g/mol. The Morgan fingerprint density at radius 3 is 2.84 bits per heavy atom. The molecule has 2 heterocycles. The van der Waals surface area contributed by atoms with Gasteiger partial charge in [-0.15, -0.1) is 11.3 Å². The number of benzene rings is 1. The Hall–Kier alpha value is -2.34. The zero-order valence-corrected chi connectivity index (χ0v) is 15.4. The standard InChI is InChI=1S/C19H23N3O2S/c1-14-5-3-6-16(11-14)13-21-8-9-22(15(2)18(21)23)19(24)20-12-17-7-4-10-25-17/h3-7,10-11,15H,8-9,12-13H2,1-2H3,(H,20,24)/t15-/m1/s1. The minimum atomic E-state index is -0.443. The van der Waals surface area contributed by atoms with Gasteiger partial charge in [-0.25, -0.2) is 4.79 Å². The summed E-state index contributed by atoms with van der Waals surface area (Å²) in [5.74, 6) is -0.000898. The summed E-state index contributed by atoms with van der Waals surface area (Å²) in [6, 6.07) is 11.5. The van der Waals surface area contributed by atoms with E-state index in [1.165, 1.54) is 5.56 Å². The lowest BCUT2D eigenvalue weighted by Crippen LogP contribution is -2.59. The van der Waals surface area contributed by atoms with Crippen LogP contribution in [-0.4, -0.2) is 40.9 Å². The van der Waals surface area contributed by atoms with Crippen LogP contribution >= 0.6 is 11.3 Å². The first-order valence-electron chi connectivity index (χ1n) is 8.46. The third kappa shape index (κ3) is 4.20. The largest absolute Gasteiger partial charge is 0.335 e. The Kier molecular flexibility index (Phi) is 5.38. The molecule has 3 amide bonds. The summed E-state index contributed by atoms with van der Waals surface area (Å²) >= 11 is 1.61. The molecule has 1 N–H and O–H groups in total. The summed E-state index contributed by atoms with van der Waals surface area (Å²) in [6.45, 7) is 6.05. The van der Waals surface area contributed by atoms with Crippen molar-refractivity contribution in [3.63, 3.8) is 0 Å². The van der Waals surface area contributed by atoms with Crippen LogP contribution in [-0.2, 0) is 17.9 Å². The molecule has 0 saturated carbocycles. The molecule has 0 spiro atoms. The number of hydrogen-bond donors (Lipinski definition) is 1. The highest BCUT2D eigenvalue weighted by molar-refractivity contribution is 7.09. The molecule has 132 valence electrons. The smallest absolute Gasteiger partial charge is 0.318 e. The molecule has 0 aliphatic carbocycles. The highest BCUT2D eigenvalue weighted by Crippen LogP contribution is 2.16. The normalized spacial score (nSPS) is 17.7. The fraction of sp³-hybridized carbons (Fsp3) is 0.368. The van der Waals surface area contributed by atoms with Gasteiger partial charge in [0.2, 0.25) is 5.91 Å². The molecule has 0 bridgehead atoms. The number of hydrogen-bond acceptors (Lipinski definition) is 3. The van der Waals surface area contributed by atoms with E-state index in [9.17, 15) is 9.59 Å². The summed E-state index contributed by atoms with van der Waals surface area (Å²) in [5.41, 5.74) is 2.31. The predicted octanol–water partition coefficient (Wildman–Crippen LogP) is 3.00. The fourth-order valence-corrected chi connectivity index (χ4v) is 3.72. The molecule has 2 aromatic rings. The summed E-state index contributed by atoms with van der Waals surface area (Å²) < 4.78 is 0. The van der Waals surface area contributed by atoms with Gasteiger partial charge in [-0.3, -0.25) is 4.79 Å². The van der Waals surface area contributed by atoms with Crippen LogP contribution in [0.5, 0.6) is 0 Å². The summed E-state index contributed by atoms with van der Waals surface area (Å²) in [6.07, 6.45) is 0. The van der Waals surface area contributed by atoms with E-state index < -0.39 is 6.04 Å². The average Bonchev–Trinajstić information content (AvgIpc) is 3.11. The predicted molar refractivity (Wildman–Crippen MR) is 99.3 cm³/mol. The van der Waals surface area contributed by atoms with Crippen molar-refractivity contribution in [2.24, 2.45) is 0 Å². The number of piperazine rings is 1. The van der Waals surface area contributed by atoms with Crippen molar-refractivity contribution in [3.05, 3.63) is 57.8 Å². The van der Waals surface area contributed by atoms with E-state index in [-0.39, 0.29) is 11.9 Å². The van der Waals surface area contributed by atoms with E-state index in [1.54, 1.807) is 23.2 Å². The van der Waals surface area contributed by atoms with Crippen molar-refractivity contribution < 1.29 is 9.59 Å². The molecule has 5 nitrogen and oxygen atoms in total. The number of nitrogens with one attached hydrogen (secondary N) is 1. The average molecular weight is 357 g/mol. The van der Waals surface area contributed by atoms with E-state index in [2.05, 4.69) is 11.4 Å². The summed E-state index contributed by atoms with van der Waals surface area (Å²) in [4.78, 5) is 29.6. The van der Waals surface area contributed by atoms with E-state index >= 15 is 0 Å². The maximum atomic E-state index is 12.7. The van der Waals surface area contributed by atoms with Crippen molar-refractivity contribution in [1.29, 1.82) is 0 Å². The molecule has 1 saturated heterocycles. The highest BCUT2D eigenvalue weighted by atomic mass is 32.1. The number of aryl methyl sites for hydroxylation is 1. The second kappa shape index (κ2) is 7.70. The molecule has 1 aromatic carbocycles. The van der Waals surface area contributed by atoms with E-state index in [1.807, 2.05) is 47.5 Å². The number of carbonyl (C=O) groups is 2. The van der Waals surface area contributed by atoms with Crippen LogP contribution in [0, 0.1) is 6.92 Å². The van der Waals surface area contributed by atoms with Crippen molar-refractivity contribution in [1.82, 2.24) is 15.1 Å². The number of carbonyl (C=O) groups excluding carboxylic acids is 2. The van der Waals surface area contributed by atoms with Crippen LogP contribution in [0.4, 0.5) is 4.79 Å². The number of urea groups is 1. The SMILES string of the molecule is Cc1cccc(CN2CCN(C(=O)NCc3cccs3)[C@H](C)C2=O)c1. The van der Waals surface area contributed by atoms with Gasteiger partial charge in [0.1, 0.15) is 6.04 Å². The first-order valence-corrected chi connectivity index (χ1v) is 9.34. The molecule has 3 rings (SSSR count).